The van der Waals surface area contributed by atoms with E-state index in [-0.39, 0.29) is 24.0 Å². The van der Waals surface area contributed by atoms with Gasteiger partial charge in [-0.15, -0.1) is 0 Å². The van der Waals surface area contributed by atoms with Crippen LogP contribution in [0.3, 0.4) is 0 Å². The van der Waals surface area contributed by atoms with E-state index in [4.69, 9.17) is 16.3 Å². The van der Waals surface area contributed by atoms with E-state index < -0.39 is 0 Å². The van der Waals surface area contributed by atoms with Crippen molar-refractivity contribution in [2.24, 2.45) is 0 Å². The molecule has 4 heteroatoms. The van der Waals surface area contributed by atoms with Gasteiger partial charge >= 0.3 is 0 Å². The van der Waals surface area contributed by atoms with Gasteiger partial charge in [0.2, 0.25) is 0 Å². The summed E-state index contributed by atoms with van der Waals surface area (Å²) in [6.07, 6.45) is 1.98. The molecule has 0 bridgehead atoms. The van der Waals surface area contributed by atoms with Crippen molar-refractivity contribution < 1.29 is 33.2 Å². The van der Waals surface area contributed by atoms with E-state index in [9.17, 15) is 0 Å². The summed E-state index contributed by atoms with van der Waals surface area (Å²) in [6, 6.07) is 7.64. The van der Waals surface area contributed by atoms with Crippen molar-refractivity contribution in [2.45, 2.75) is 0 Å². The fourth-order valence-corrected chi connectivity index (χ4v) is 2.38. The summed E-state index contributed by atoms with van der Waals surface area (Å²) < 4.78 is 6.40. The Morgan fingerprint density at radius 3 is 2.50 bits per heavy atom. The van der Waals surface area contributed by atoms with Gasteiger partial charge in [0.05, 0.1) is 19.8 Å². The van der Waals surface area contributed by atoms with Gasteiger partial charge in [0.15, 0.2) is 0 Å². The van der Waals surface area contributed by atoms with Crippen molar-refractivity contribution in [1.29, 1.82) is 0 Å². The molecule has 2 nitrogen and oxygen atoms in total. The predicted octanol–water partition coefficient (Wildman–Crippen LogP) is -0.271. The Balaban J connectivity index is 0.00000200. The molecule has 0 aromatic heterocycles. The van der Waals surface area contributed by atoms with Crippen molar-refractivity contribution in [3.63, 3.8) is 0 Å². The second kappa shape index (κ2) is 8.68. The largest absolute Gasteiger partial charge is 1.00 e. The molecule has 1 aromatic rings. The third kappa shape index (κ3) is 5.10. The van der Waals surface area contributed by atoms with Crippen molar-refractivity contribution in [2.75, 3.05) is 39.4 Å². The van der Waals surface area contributed by atoms with Crippen LogP contribution in [0.25, 0.3) is 0 Å². The number of benzene rings is 1. The van der Waals surface area contributed by atoms with Crippen LogP contribution in [0.4, 0.5) is 0 Å². The number of nitrogens with zero attached hydrogens (tertiary/aromatic N) is 1. The standard InChI is InChI=1S/C16H19ClNO.HI/c1-2-9-18(11-13-19-14-12-18)10-3-4-15-5-7-16(17)8-6-15;/h2,5-8H,1,9-14H2;1H/q+1;/p-1. The fourth-order valence-electron chi connectivity index (χ4n) is 2.25. The Morgan fingerprint density at radius 2 is 1.90 bits per heavy atom. The Hall–Kier alpha value is -0.540. The van der Waals surface area contributed by atoms with E-state index in [0.29, 0.717) is 0 Å². The molecule has 1 aromatic carbocycles. The summed E-state index contributed by atoms with van der Waals surface area (Å²) in [7, 11) is 0. The van der Waals surface area contributed by atoms with Crippen LogP contribution in [-0.4, -0.2) is 43.9 Å². The molecule has 0 N–H and O–H groups in total. The highest BCUT2D eigenvalue weighted by atomic mass is 127. The van der Waals surface area contributed by atoms with Crippen LogP contribution in [0.15, 0.2) is 36.9 Å². The second-order valence-corrected chi connectivity index (χ2v) is 5.28. The van der Waals surface area contributed by atoms with Crippen molar-refractivity contribution in [1.82, 2.24) is 0 Å². The first-order chi connectivity index (χ1) is 9.24. The number of rotatable bonds is 3. The molecule has 1 aliphatic rings. The van der Waals surface area contributed by atoms with Gasteiger partial charge in [-0.25, -0.2) is 0 Å². The Labute approximate surface area is 143 Å². The topological polar surface area (TPSA) is 9.23 Å². The summed E-state index contributed by atoms with van der Waals surface area (Å²) in [5, 5.41) is 0.744. The van der Waals surface area contributed by atoms with Crippen LogP contribution in [0.2, 0.25) is 5.02 Å². The molecule has 0 atom stereocenters. The third-order valence-corrected chi connectivity index (χ3v) is 3.68. The minimum absolute atomic E-state index is 0. The van der Waals surface area contributed by atoms with E-state index in [1.54, 1.807) is 0 Å². The van der Waals surface area contributed by atoms with E-state index in [0.717, 1.165) is 54.5 Å². The quantitative estimate of drug-likeness (QED) is 0.292. The zero-order chi connectivity index (χ0) is 13.6. The predicted molar refractivity (Wildman–Crippen MR) is 79.1 cm³/mol. The van der Waals surface area contributed by atoms with Crippen molar-refractivity contribution in [3.05, 3.63) is 47.5 Å². The molecule has 2 rings (SSSR count). The van der Waals surface area contributed by atoms with Gasteiger partial charge in [-0.3, -0.25) is 0 Å². The first-order valence-electron chi connectivity index (χ1n) is 6.52. The lowest BCUT2D eigenvalue weighted by Gasteiger charge is -2.39. The highest BCUT2D eigenvalue weighted by molar-refractivity contribution is 6.30. The minimum atomic E-state index is 0. The molecule has 1 aliphatic heterocycles. The molecule has 108 valence electrons. The van der Waals surface area contributed by atoms with E-state index in [1.165, 1.54) is 0 Å². The molecule has 1 saturated heterocycles. The normalized spacial score (nSPS) is 16.4. The zero-order valence-electron chi connectivity index (χ0n) is 11.4. The Bertz CT molecular complexity index is 483. The van der Waals surface area contributed by atoms with Gasteiger partial charge in [-0.2, -0.15) is 0 Å². The molecule has 20 heavy (non-hydrogen) atoms. The maximum Gasteiger partial charge on any atom is 0.141 e. The van der Waals surface area contributed by atoms with Crippen LogP contribution < -0.4 is 24.0 Å². The van der Waals surface area contributed by atoms with Gasteiger partial charge in [-0.1, -0.05) is 24.1 Å². The van der Waals surface area contributed by atoms with Crippen LogP contribution in [-0.2, 0) is 4.74 Å². The summed E-state index contributed by atoms with van der Waals surface area (Å²) in [4.78, 5) is 0. The van der Waals surface area contributed by atoms with Crippen LogP contribution in [0.1, 0.15) is 5.56 Å². The SMILES string of the molecule is C=CC[N+]1(CC#Cc2ccc(Cl)cc2)CCOCC1.[I-]. The molecular formula is C16H19ClINO. The average molecular weight is 404 g/mol. The minimum Gasteiger partial charge on any atom is -1.00 e. The molecule has 0 unspecified atom stereocenters. The maximum atomic E-state index is 5.85. The highest BCUT2D eigenvalue weighted by Crippen LogP contribution is 2.11. The second-order valence-electron chi connectivity index (χ2n) is 4.84. The summed E-state index contributed by atoms with van der Waals surface area (Å²) in [5.41, 5.74) is 1.01. The smallest absolute Gasteiger partial charge is 0.141 e. The molecule has 1 heterocycles. The zero-order valence-corrected chi connectivity index (χ0v) is 14.4. The van der Waals surface area contributed by atoms with Crippen LogP contribution >= 0.6 is 11.6 Å². The first-order valence-corrected chi connectivity index (χ1v) is 6.90. The molecule has 0 spiro atoms. The lowest BCUT2D eigenvalue weighted by Crippen LogP contribution is -3.00. The van der Waals surface area contributed by atoms with Gasteiger partial charge in [-0.05, 0) is 36.3 Å². The highest BCUT2D eigenvalue weighted by Gasteiger charge is 2.27. The molecule has 0 amide bonds. The van der Waals surface area contributed by atoms with Gasteiger partial charge in [0, 0.05) is 10.6 Å². The number of morpholine rings is 1. The number of ether oxygens (including phenoxy) is 1. The van der Waals surface area contributed by atoms with Crippen molar-refractivity contribution >= 4 is 11.6 Å². The van der Waals surface area contributed by atoms with Gasteiger partial charge in [0.1, 0.15) is 19.6 Å². The van der Waals surface area contributed by atoms with E-state index in [1.807, 2.05) is 30.3 Å². The van der Waals surface area contributed by atoms with E-state index in [2.05, 4.69) is 18.4 Å². The summed E-state index contributed by atoms with van der Waals surface area (Å²) in [6.45, 7) is 9.32. The van der Waals surface area contributed by atoms with Crippen LogP contribution in [0.5, 0.6) is 0 Å². The molecule has 0 radical (unpaired) electrons. The Kier molecular flexibility index (Phi) is 7.60. The van der Waals surface area contributed by atoms with Gasteiger partial charge in [0.25, 0.3) is 0 Å². The fraction of sp³-hybridized carbons (Fsp3) is 0.375. The third-order valence-electron chi connectivity index (χ3n) is 3.43. The van der Waals surface area contributed by atoms with Crippen molar-refractivity contribution in [3.8, 4) is 11.8 Å². The monoisotopic (exact) mass is 403 g/mol. The first kappa shape index (κ1) is 17.5. The molecular weight excluding hydrogens is 385 g/mol. The molecule has 1 fully saturated rings. The molecule has 0 saturated carbocycles. The number of hydrogen-bond donors (Lipinski definition) is 0. The van der Waals surface area contributed by atoms with Crippen LogP contribution in [0, 0.1) is 11.8 Å². The van der Waals surface area contributed by atoms with Gasteiger partial charge < -0.3 is 33.2 Å². The molecule has 0 aliphatic carbocycles. The maximum absolute atomic E-state index is 5.85. The Morgan fingerprint density at radius 1 is 1.25 bits per heavy atom. The summed E-state index contributed by atoms with van der Waals surface area (Å²) in [5.74, 6) is 6.50. The number of quaternary nitrogens is 1. The number of halogens is 2. The lowest BCUT2D eigenvalue weighted by atomic mass is 10.2. The van der Waals surface area contributed by atoms with E-state index >= 15 is 0 Å². The average Bonchev–Trinajstić information content (AvgIpc) is 2.42. The number of hydrogen-bond acceptors (Lipinski definition) is 1. The lowest BCUT2D eigenvalue weighted by molar-refractivity contribution is -0.923. The summed E-state index contributed by atoms with van der Waals surface area (Å²) >= 11 is 5.85.